The van der Waals surface area contributed by atoms with Gasteiger partial charge < -0.3 is 10.2 Å². The van der Waals surface area contributed by atoms with Gasteiger partial charge in [-0.25, -0.2) is 12.8 Å². The van der Waals surface area contributed by atoms with E-state index in [0.717, 1.165) is 48.2 Å². The molecule has 10 heteroatoms. The molecule has 0 radical (unpaired) electrons. The van der Waals surface area contributed by atoms with Crippen molar-refractivity contribution in [1.82, 2.24) is 10.2 Å². The van der Waals surface area contributed by atoms with Crippen LogP contribution in [0, 0.1) is 12.7 Å². The van der Waals surface area contributed by atoms with Gasteiger partial charge in [-0.2, -0.15) is 0 Å². The lowest BCUT2D eigenvalue weighted by Gasteiger charge is -2.35. The molecule has 0 bridgehead atoms. The molecule has 1 aliphatic rings. The van der Waals surface area contributed by atoms with Crippen molar-refractivity contribution in [2.45, 2.75) is 64.1 Å². The Morgan fingerprint density at radius 1 is 0.952 bits per heavy atom. The Balaban J connectivity index is 1.73. The van der Waals surface area contributed by atoms with Crippen molar-refractivity contribution in [3.8, 4) is 0 Å². The van der Waals surface area contributed by atoms with Gasteiger partial charge in [0, 0.05) is 24.0 Å². The first-order chi connectivity index (χ1) is 20.0. The molecule has 224 valence electrons. The van der Waals surface area contributed by atoms with Crippen LogP contribution in [-0.2, 0) is 32.6 Å². The number of carbonyl (C=O) groups excluding carboxylic acids is 2. The number of anilines is 1. The molecule has 0 saturated heterocycles. The number of amides is 2. The molecule has 7 nitrogen and oxygen atoms in total. The first-order valence-corrected chi connectivity index (χ1v) is 16.4. The summed E-state index contributed by atoms with van der Waals surface area (Å²) in [5.74, 6) is -1.29. The van der Waals surface area contributed by atoms with Gasteiger partial charge in [-0.05, 0) is 60.7 Å². The first-order valence-electron chi connectivity index (χ1n) is 14.1. The van der Waals surface area contributed by atoms with Crippen molar-refractivity contribution >= 4 is 39.1 Å². The fourth-order valence-electron chi connectivity index (χ4n) is 5.35. The van der Waals surface area contributed by atoms with E-state index >= 15 is 0 Å². The third-order valence-electron chi connectivity index (χ3n) is 7.68. The van der Waals surface area contributed by atoms with Crippen molar-refractivity contribution in [3.05, 3.63) is 100 Å². The Morgan fingerprint density at radius 2 is 1.62 bits per heavy atom. The molecular formula is C32H37ClFN3O4S. The molecule has 1 saturated carbocycles. The number of hydrogen-bond acceptors (Lipinski definition) is 4. The van der Waals surface area contributed by atoms with Gasteiger partial charge in [0.15, 0.2) is 0 Å². The van der Waals surface area contributed by atoms with Crippen LogP contribution >= 0.6 is 11.6 Å². The van der Waals surface area contributed by atoms with Crippen LogP contribution in [0.1, 0.15) is 48.8 Å². The van der Waals surface area contributed by atoms with E-state index in [-0.39, 0.29) is 30.6 Å². The molecular weight excluding hydrogens is 577 g/mol. The maximum absolute atomic E-state index is 14.2. The third-order valence-corrected chi connectivity index (χ3v) is 9.21. The monoisotopic (exact) mass is 613 g/mol. The summed E-state index contributed by atoms with van der Waals surface area (Å²) >= 11 is 6.30. The number of rotatable bonds is 11. The van der Waals surface area contributed by atoms with Gasteiger partial charge in [0.05, 0.1) is 11.9 Å². The van der Waals surface area contributed by atoms with Crippen LogP contribution in [0.3, 0.4) is 0 Å². The molecule has 0 spiro atoms. The number of nitrogens with zero attached hydrogens (tertiary/aromatic N) is 2. The lowest BCUT2D eigenvalue weighted by atomic mass is 9.94. The van der Waals surface area contributed by atoms with Crippen LogP contribution in [0.4, 0.5) is 10.1 Å². The minimum atomic E-state index is -3.91. The molecule has 3 aromatic rings. The molecule has 4 rings (SSSR count). The van der Waals surface area contributed by atoms with E-state index in [1.54, 1.807) is 37.3 Å². The Kier molecular flexibility index (Phi) is 10.6. The van der Waals surface area contributed by atoms with E-state index in [9.17, 15) is 22.4 Å². The fraction of sp³-hybridized carbons (Fsp3) is 0.375. The summed E-state index contributed by atoms with van der Waals surface area (Å²) in [6.45, 7) is 1.14. The number of halogens is 2. The second kappa shape index (κ2) is 14.2. The predicted octanol–water partition coefficient (Wildman–Crippen LogP) is 5.64. The van der Waals surface area contributed by atoms with Gasteiger partial charge >= 0.3 is 0 Å². The van der Waals surface area contributed by atoms with Crippen LogP contribution in [0.25, 0.3) is 0 Å². The first kappa shape index (κ1) is 31.5. The lowest BCUT2D eigenvalue weighted by Crippen LogP contribution is -2.55. The minimum absolute atomic E-state index is 0.00826. The fourth-order valence-corrected chi connectivity index (χ4v) is 6.42. The number of benzene rings is 3. The summed E-state index contributed by atoms with van der Waals surface area (Å²) in [5.41, 5.74) is 2.26. The van der Waals surface area contributed by atoms with Crippen molar-refractivity contribution in [2.75, 3.05) is 17.1 Å². The van der Waals surface area contributed by atoms with Crippen molar-refractivity contribution < 1.29 is 22.4 Å². The van der Waals surface area contributed by atoms with Gasteiger partial charge in [0.1, 0.15) is 18.4 Å². The van der Waals surface area contributed by atoms with Gasteiger partial charge in [0.25, 0.3) is 0 Å². The average Bonchev–Trinajstić information content (AvgIpc) is 2.96. The van der Waals surface area contributed by atoms with Gasteiger partial charge in [0.2, 0.25) is 21.8 Å². The average molecular weight is 614 g/mol. The maximum atomic E-state index is 14.2. The van der Waals surface area contributed by atoms with E-state index in [1.165, 1.54) is 17.0 Å². The van der Waals surface area contributed by atoms with E-state index in [2.05, 4.69) is 5.32 Å². The third kappa shape index (κ3) is 8.32. The van der Waals surface area contributed by atoms with Crippen LogP contribution in [0.15, 0.2) is 72.8 Å². The van der Waals surface area contributed by atoms with Gasteiger partial charge in [-0.1, -0.05) is 79.4 Å². The Bertz CT molecular complexity index is 1480. The van der Waals surface area contributed by atoms with E-state index in [0.29, 0.717) is 16.1 Å². The predicted molar refractivity (Wildman–Crippen MR) is 164 cm³/mol. The Morgan fingerprint density at radius 3 is 2.26 bits per heavy atom. The maximum Gasteiger partial charge on any atom is 0.244 e. The van der Waals surface area contributed by atoms with E-state index in [1.807, 2.05) is 30.3 Å². The van der Waals surface area contributed by atoms with Crippen molar-refractivity contribution in [3.63, 3.8) is 0 Å². The molecule has 0 heterocycles. The second-order valence-electron chi connectivity index (χ2n) is 10.9. The topological polar surface area (TPSA) is 86.8 Å². The van der Waals surface area contributed by atoms with E-state index < -0.39 is 34.3 Å². The minimum Gasteiger partial charge on any atom is -0.352 e. The quantitative estimate of drug-likeness (QED) is 0.303. The number of hydrogen-bond donors (Lipinski definition) is 1. The summed E-state index contributed by atoms with van der Waals surface area (Å²) in [6, 6.07) is 19.0. The highest BCUT2D eigenvalue weighted by atomic mass is 35.5. The molecule has 2 amide bonds. The summed E-state index contributed by atoms with van der Waals surface area (Å²) in [5, 5.41) is 3.53. The Labute approximate surface area is 252 Å². The number of sulfonamides is 1. The largest absolute Gasteiger partial charge is 0.352 e. The second-order valence-corrected chi connectivity index (χ2v) is 13.2. The van der Waals surface area contributed by atoms with Crippen LogP contribution < -0.4 is 9.62 Å². The summed E-state index contributed by atoms with van der Waals surface area (Å²) < 4.78 is 40.8. The Hall–Kier alpha value is -3.43. The van der Waals surface area contributed by atoms with Gasteiger partial charge in [-0.3, -0.25) is 13.9 Å². The lowest BCUT2D eigenvalue weighted by molar-refractivity contribution is -0.140. The number of carbonyl (C=O) groups is 2. The van der Waals surface area contributed by atoms with Crippen LogP contribution in [0.5, 0.6) is 0 Å². The number of nitrogens with one attached hydrogen (secondary N) is 1. The highest BCUT2D eigenvalue weighted by molar-refractivity contribution is 7.92. The highest BCUT2D eigenvalue weighted by Crippen LogP contribution is 2.29. The standard InChI is InChI=1S/C32H37ClFN3O4S/c1-23-28(33)14-9-15-29(23)37(42(2,40)41)22-31(38)36(21-25-16-18-26(34)19-17-25)30(20-24-10-5-3-6-11-24)32(39)35-27-12-7-4-8-13-27/h3,5-6,9-11,14-19,27,30H,4,7-8,12-13,20-22H2,1-2H3,(H,35,39)/t30-/m1/s1. The molecule has 1 aliphatic carbocycles. The highest BCUT2D eigenvalue weighted by Gasteiger charge is 2.34. The van der Waals surface area contributed by atoms with Crippen molar-refractivity contribution in [1.29, 1.82) is 0 Å². The smallest absolute Gasteiger partial charge is 0.244 e. The zero-order chi connectivity index (χ0) is 30.3. The van der Waals surface area contributed by atoms with Gasteiger partial charge in [-0.15, -0.1) is 0 Å². The zero-order valence-corrected chi connectivity index (χ0v) is 25.5. The molecule has 0 aliphatic heterocycles. The summed E-state index contributed by atoms with van der Waals surface area (Å²) in [4.78, 5) is 29.6. The molecule has 0 unspecified atom stereocenters. The zero-order valence-electron chi connectivity index (χ0n) is 23.9. The summed E-state index contributed by atoms with van der Waals surface area (Å²) in [6.07, 6.45) is 6.16. The van der Waals surface area contributed by atoms with Crippen LogP contribution in [0.2, 0.25) is 5.02 Å². The van der Waals surface area contributed by atoms with E-state index in [4.69, 9.17) is 11.6 Å². The molecule has 0 aromatic heterocycles. The SMILES string of the molecule is Cc1c(Cl)cccc1N(CC(=O)N(Cc1ccc(F)cc1)[C@H](Cc1ccccc1)C(=O)NC1CCCCC1)S(C)(=O)=O. The summed E-state index contributed by atoms with van der Waals surface area (Å²) in [7, 11) is -3.91. The molecule has 1 atom stereocenters. The molecule has 1 fully saturated rings. The molecule has 1 N–H and O–H groups in total. The normalized spacial score (nSPS) is 14.7. The van der Waals surface area contributed by atoms with Crippen LogP contribution in [-0.4, -0.2) is 50.0 Å². The molecule has 3 aromatic carbocycles. The molecule has 42 heavy (non-hydrogen) atoms. The van der Waals surface area contributed by atoms with Crippen molar-refractivity contribution in [2.24, 2.45) is 0 Å².